The molecule has 0 aliphatic carbocycles. The Kier molecular flexibility index (Phi) is 5.98. The van der Waals surface area contributed by atoms with Crippen molar-refractivity contribution in [1.82, 2.24) is 24.3 Å². The normalized spacial score (nSPS) is 14.5. The standard InChI is InChI=1S/C26H27FN6O/c1-18-5-10-22(19(2)16-18)30-26(34)32-14-12-31(13-15-32)17-24-29-23-4-3-11-28-25(23)33(24)21-8-6-20(27)7-9-21/h3-11,16H,12-15,17H2,1-2H3,(H,30,34). The van der Waals surface area contributed by atoms with E-state index < -0.39 is 0 Å². The van der Waals surface area contributed by atoms with Gasteiger partial charge in [-0.05, 0) is 61.9 Å². The maximum atomic E-state index is 13.5. The second-order valence-electron chi connectivity index (χ2n) is 8.70. The zero-order chi connectivity index (χ0) is 23.7. The molecule has 0 spiro atoms. The van der Waals surface area contributed by atoms with Crippen LogP contribution in [-0.4, -0.2) is 56.5 Å². The van der Waals surface area contributed by atoms with Crippen LogP contribution >= 0.6 is 0 Å². The molecule has 0 radical (unpaired) electrons. The largest absolute Gasteiger partial charge is 0.322 e. The Morgan fingerprint density at radius 2 is 1.79 bits per heavy atom. The van der Waals surface area contributed by atoms with Crippen LogP contribution in [0, 0.1) is 19.7 Å². The first-order valence-corrected chi connectivity index (χ1v) is 11.4. The molecule has 1 aliphatic rings. The van der Waals surface area contributed by atoms with E-state index in [9.17, 15) is 9.18 Å². The molecule has 1 fully saturated rings. The van der Waals surface area contributed by atoms with E-state index in [2.05, 4.69) is 21.3 Å². The van der Waals surface area contributed by atoms with Crippen LogP contribution in [0.1, 0.15) is 17.0 Å². The number of nitrogens with one attached hydrogen (secondary N) is 1. The van der Waals surface area contributed by atoms with Crippen molar-refractivity contribution < 1.29 is 9.18 Å². The van der Waals surface area contributed by atoms with E-state index in [0.29, 0.717) is 19.6 Å². The molecule has 34 heavy (non-hydrogen) atoms. The van der Waals surface area contributed by atoms with Gasteiger partial charge >= 0.3 is 6.03 Å². The van der Waals surface area contributed by atoms with Gasteiger partial charge in [-0.3, -0.25) is 9.47 Å². The minimum Gasteiger partial charge on any atom is -0.322 e. The molecule has 3 heterocycles. The number of fused-ring (bicyclic) bond motifs is 1. The molecule has 0 unspecified atom stereocenters. The highest BCUT2D eigenvalue weighted by molar-refractivity contribution is 5.90. The summed E-state index contributed by atoms with van der Waals surface area (Å²) in [6.07, 6.45) is 1.74. The average Bonchev–Trinajstić information content (AvgIpc) is 3.19. The van der Waals surface area contributed by atoms with Gasteiger partial charge in [0.2, 0.25) is 0 Å². The molecule has 1 N–H and O–H groups in total. The number of halogens is 1. The lowest BCUT2D eigenvalue weighted by Crippen LogP contribution is -2.49. The molecular formula is C26H27FN6O. The van der Waals surface area contributed by atoms with Crippen molar-refractivity contribution in [2.24, 2.45) is 0 Å². The molecule has 0 bridgehead atoms. The van der Waals surface area contributed by atoms with Crippen molar-refractivity contribution in [2.45, 2.75) is 20.4 Å². The number of piperazine rings is 1. The molecule has 5 rings (SSSR count). The molecule has 0 saturated carbocycles. The van der Waals surface area contributed by atoms with Crippen LogP contribution in [0.3, 0.4) is 0 Å². The van der Waals surface area contributed by atoms with Crippen LogP contribution in [0.4, 0.5) is 14.9 Å². The van der Waals surface area contributed by atoms with Crippen LogP contribution in [0.5, 0.6) is 0 Å². The van der Waals surface area contributed by atoms with E-state index in [0.717, 1.165) is 47.0 Å². The lowest BCUT2D eigenvalue weighted by Gasteiger charge is -2.34. The molecule has 8 heteroatoms. The minimum atomic E-state index is -0.280. The van der Waals surface area contributed by atoms with E-state index in [4.69, 9.17) is 4.98 Å². The van der Waals surface area contributed by atoms with Crippen LogP contribution in [0.25, 0.3) is 16.9 Å². The number of aromatic nitrogens is 3. The molecule has 2 amide bonds. The number of amides is 2. The van der Waals surface area contributed by atoms with Crippen LogP contribution < -0.4 is 5.32 Å². The number of urea groups is 1. The fraction of sp³-hybridized carbons (Fsp3) is 0.269. The first-order chi connectivity index (χ1) is 16.5. The van der Waals surface area contributed by atoms with Crippen LogP contribution in [0.2, 0.25) is 0 Å². The number of nitrogens with zero attached hydrogens (tertiary/aromatic N) is 5. The van der Waals surface area contributed by atoms with Gasteiger partial charge in [0, 0.05) is 43.8 Å². The van der Waals surface area contributed by atoms with E-state index in [1.807, 2.05) is 47.6 Å². The number of hydrogen-bond acceptors (Lipinski definition) is 4. The van der Waals surface area contributed by atoms with Gasteiger partial charge in [-0.1, -0.05) is 17.7 Å². The number of imidazole rings is 1. The Labute approximate surface area is 197 Å². The number of carbonyl (C=O) groups is 1. The zero-order valence-electron chi connectivity index (χ0n) is 19.3. The Balaban J connectivity index is 1.28. The Bertz CT molecular complexity index is 1330. The molecule has 174 valence electrons. The Morgan fingerprint density at radius 3 is 2.53 bits per heavy atom. The van der Waals surface area contributed by atoms with Gasteiger partial charge in [0.05, 0.1) is 6.54 Å². The lowest BCUT2D eigenvalue weighted by atomic mass is 10.1. The summed E-state index contributed by atoms with van der Waals surface area (Å²) in [6.45, 7) is 7.39. The maximum absolute atomic E-state index is 13.5. The van der Waals surface area contributed by atoms with Crippen molar-refractivity contribution >= 4 is 22.9 Å². The third-order valence-corrected chi connectivity index (χ3v) is 6.22. The molecule has 7 nitrogen and oxygen atoms in total. The van der Waals surface area contributed by atoms with Crippen LogP contribution in [0.15, 0.2) is 60.8 Å². The number of aryl methyl sites for hydroxylation is 2. The van der Waals surface area contributed by atoms with Gasteiger partial charge < -0.3 is 10.2 Å². The summed E-state index contributed by atoms with van der Waals surface area (Å²) < 4.78 is 15.5. The summed E-state index contributed by atoms with van der Waals surface area (Å²) in [7, 11) is 0. The predicted molar refractivity (Wildman–Crippen MR) is 131 cm³/mol. The maximum Gasteiger partial charge on any atom is 0.321 e. The number of hydrogen-bond donors (Lipinski definition) is 1. The smallest absolute Gasteiger partial charge is 0.321 e. The van der Waals surface area contributed by atoms with Crippen molar-refractivity contribution in [3.8, 4) is 5.69 Å². The van der Waals surface area contributed by atoms with E-state index in [1.54, 1.807) is 18.3 Å². The van der Waals surface area contributed by atoms with Crippen molar-refractivity contribution in [3.05, 3.63) is 83.6 Å². The summed E-state index contributed by atoms with van der Waals surface area (Å²) in [5.74, 6) is 0.561. The number of pyridine rings is 1. The SMILES string of the molecule is Cc1ccc(NC(=O)N2CCN(Cc3nc4cccnc4n3-c3ccc(F)cc3)CC2)c(C)c1. The molecule has 2 aromatic carbocycles. The van der Waals surface area contributed by atoms with Gasteiger partial charge in [0.1, 0.15) is 17.2 Å². The zero-order valence-corrected chi connectivity index (χ0v) is 19.3. The van der Waals surface area contributed by atoms with Crippen molar-refractivity contribution in [3.63, 3.8) is 0 Å². The fourth-order valence-corrected chi connectivity index (χ4v) is 4.38. The molecule has 2 aromatic heterocycles. The summed E-state index contributed by atoms with van der Waals surface area (Å²) in [6, 6.07) is 16.1. The van der Waals surface area contributed by atoms with Gasteiger partial charge in [-0.25, -0.2) is 19.2 Å². The van der Waals surface area contributed by atoms with Gasteiger partial charge in [0.25, 0.3) is 0 Å². The van der Waals surface area contributed by atoms with E-state index >= 15 is 0 Å². The Hall–Kier alpha value is -3.78. The summed E-state index contributed by atoms with van der Waals surface area (Å²) in [5, 5.41) is 3.04. The highest BCUT2D eigenvalue weighted by atomic mass is 19.1. The van der Waals surface area contributed by atoms with Crippen LogP contribution in [-0.2, 0) is 6.54 Å². The number of benzene rings is 2. The fourth-order valence-electron chi connectivity index (χ4n) is 4.38. The predicted octanol–water partition coefficient (Wildman–Crippen LogP) is 4.53. The molecule has 1 aliphatic heterocycles. The minimum absolute atomic E-state index is 0.0747. The number of carbonyl (C=O) groups excluding carboxylic acids is 1. The second-order valence-corrected chi connectivity index (χ2v) is 8.70. The third kappa shape index (κ3) is 4.49. The lowest BCUT2D eigenvalue weighted by molar-refractivity contribution is 0.140. The Morgan fingerprint density at radius 1 is 1.03 bits per heavy atom. The number of anilines is 1. The van der Waals surface area contributed by atoms with Crippen molar-refractivity contribution in [2.75, 3.05) is 31.5 Å². The second kappa shape index (κ2) is 9.23. The quantitative estimate of drug-likeness (QED) is 0.488. The molecule has 0 atom stereocenters. The topological polar surface area (TPSA) is 66.3 Å². The first kappa shape index (κ1) is 22.0. The highest BCUT2D eigenvalue weighted by Crippen LogP contribution is 2.22. The van der Waals surface area contributed by atoms with Gasteiger partial charge in [0.15, 0.2) is 5.65 Å². The van der Waals surface area contributed by atoms with Crippen molar-refractivity contribution in [1.29, 1.82) is 0 Å². The number of rotatable bonds is 4. The first-order valence-electron chi connectivity index (χ1n) is 11.4. The highest BCUT2D eigenvalue weighted by Gasteiger charge is 2.24. The summed E-state index contributed by atoms with van der Waals surface area (Å²) in [5.41, 5.74) is 5.44. The van der Waals surface area contributed by atoms with E-state index in [-0.39, 0.29) is 11.8 Å². The average molecular weight is 459 g/mol. The monoisotopic (exact) mass is 458 g/mol. The molecule has 4 aromatic rings. The van der Waals surface area contributed by atoms with Gasteiger partial charge in [-0.2, -0.15) is 0 Å². The molecular weight excluding hydrogens is 431 g/mol. The third-order valence-electron chi connectivity index (χ3n) is 6.22. The van der Waals surface area contributed by atoms with Gasteiger partial charge in [-0.15, -0.1) is 0 Å². The molecule has 1 saturated heterocycles. The summed E-state index contributed by atoms with van der Waals surface area (Å²) in [4.78, 5) is 26.2. The summed E-state index contributed by atoms with van der Waals surface area (Å²) >= 11 is 0. The van der Waals surface area contributed by atoms with E-state index in [1.165, 1.54) is 17.7 Å².